The maximum Gasteiger partial charge on any atom is 0.213 e. The Kier molecular flexibility index (Phi) is 8.45. The molecule has 2 aromatic rings. The SMILES string of the molecule is CCNC(=NCC(C)(O)c1cc(C)oc1C)NCCS(=O)(=O)NCc1ccccc1. The first-order chi connectivity index (χ1) is 14.1. The summed E-state index contributed by atoms with van der Waals surface area (Å²) < 4.78 is 32.5. The minimum absolute atomic E-state index is 0.0966. The lowest BCUT2D eigenvalue weighted by molar-refractivity contribution is 0.0657. The van der Waals surface area contributed by atoms with Crippen molar-refractivity contribution in [1.82, 2.24) is 15.4 Å². The van der Waals surface area contributed by atoms with Gasteiger partial charge in [0.2, 0.25) is 10.0 Å². The third kappa shape index (κ3) is 7.47. The molecule has 0 saturated carbocycles. The van der Waals surface area contributed by atoms with Crippen LogP contribution in [0.1, 0.15) is 36.5 Å². The van der Waals surface area contributed by atoms with Gasteiger partial charge >= 0.3 is 0 Å². The summed E-state index contributed by atoms with van der Waals surface area (Å²) in [5.74, 6) is 1.72. The fourth-order valence-corrected chi connectivity index (χ4v) is 3.89. The molecule has 9 heteroatoms. The normalized spacial score (nSPS) is 14.4. The van der Waals surface area contributed by atoms with E-state index in [0.717, 1.165) is 11.3 Å². The van der Waals surface area contributed by atoms with Gasteiger partial charge in [-0.15, -0.1) is 0 Å². The van der Waals surface area contributed by atoms with Crippen LogP contribution >= 0.6 is 0 Å². The van der Waals surface area contributed by atoms with E-state index in [1.165, 1.54) is 0 Å². The number of hydrogen-bond acceptors (Lipinski definition) is 5. The predicted molar refractivity (Wildman–Crippen MR) is 119 cm³/mol. The largest absolute Gasteiger partial charge is 0.466 e. The van der Waals surface area contributed by atoms with Gasteiger partial charge in [0, 0.05) is 25.2 Å². The van der Waals surface area contributed by atoms with Gasteiger partial charge in [-0.1, -0.05) is 30.3 Å². The van der Waals surface area contributed by atoms with Gasteiger partial charge in [0.15, 0.2) is 5.96 Å². The highest BCUT2D eigenvalue weighted by Crippen LogP contribution is 2.27. The highest BCUT2D eigenvalue weighted by Gasteiger charge is 2.27. The molecule has 0 saturated heterocycles. The Balaban J connectivity index is 1.90. The van der Waals surface area contributed by atoms with E-state index < -0.39 is 15.6 Å². The molecule has 0 amide bonds. The number of nitrogens with one attached hydrogen (secondary N) is 3. The van der Waals surface area contributed by atoms with Crippen molar-refractivity contribution in [3.63, 3.8) is 0 Å². The summed E-state index contributed by atoms with van der Waals surface area (Å²) in [6.45, 7) is 8.36. The molecule has 1 aromatic carbocycles. The third-order valence-electron chi connectivity index (χ3n) is 4.51. The van der Waals surface area contributed by atoms with E-state index in [1.54, 1.807) is 19.9 Å². The molecule has 1 atom stereocenters. The molecule has 0 spiro atoms. The molecule has 1 heterocycles. The monoisotopic (exact) mass is 436 g/mol. The zero-order valence-electron chi connectivity index (χ0n) is 18.0. The van der Waals surface area contributed by atoms with Crippen molar-refractivity contribution < 1.29 is 17.9 Å². The van der Waals surface area contributed by atoms with Gasteiger partial charge < -0.3 is 20.2 Å². The standard InChI is InChI=1S/C21H32N4O4S/c1-5-22-20(24-15-21(4,26)19-13-16(2)29-17(19)3)23-11-12-30(27,28)25-14-18-9-7-6-8-10-18/h6-10,13,25-26H,5,11-12,14-15H2,1-4H3,(H2,22,23,24). The highest BCUT2D eigenvalue weighted by atomic mass is 32.2. The molecule has 8 nitrogen and oxygen atoms in total. The van der Waals surface area contributed by atoms with Crippen LogP contribution in [0.5, 0.6) is 0 Å². The molecule has 0 aliphatic rings. The first-order valence-electron chi connectivity index (χ1n) is 9.96. The second-order valence-corrected chi connectivity index (χ2v) is 9.27. The second-order valence-electron chi connectivity index (χ2n) is 7.35. The molecular formula is C21H32N4O4S. The average molecular weight is 437 g/mol. The molecule has 2 rings (SSSR count). The van der Waals surface area contributed by atoms with E-state index in [4.69, 9.17) is 4.42 Å². The Hall–Kier alpha value is -2.36. The molecule has 166 valence electrons. The van der Waals surface area contributed by atoms with E-state index in [0.29, 0.717) is 23.8 Å². The van der Waals surface area contributed by atoms with Crippen molar-refractivity contribution in [1.29, 1.82) is 0 Å². The molecular weight excluding hydrogens is 404 g/mol. The molecule has 0 aliphatic heterocycles. The lowest BCUT2D eigenvalue weighted by Gasteiger charge is -2.21. The van der Waals surface area contributed by atoms with Gasteiger partial charge in [-0.25, -0.2) is 18.1 Å². The van der Waals surface area contributed by atoms with E-state index in [-0.39, 0.29) is 25.4 Å². The molecule has 30 heavy (non-hydrogen) atoms. The number of rotatable bonds is 10. The predicted octanol–water partition coefficient (Wildman–Crippen LogP) is 1.78. The number of aliphatic hydroxyl groups is 1. The maximum absolute atomic E-state index is 12.2. The van der Waals surface area contributed by atoms with Crippen molar-refractivity contribution >= 4 is 16.0 Å². The van der Waals surface area contributed by atoms with Crippen LogP contribution in [0.4, 0.5) is 0 Å². The summed E-state index contributed by atoms with van der Waals surface area (Å²) in [6.07, 6.45) is 0. The van der Waals surface area contributed by atoms with E-state index in [9.17, 15) is 13.5 Å². The van der Waals surface area contributed by atoms with Crippen molar-refractivity contribution in [3.8, 4) is 0 Å². The van der Waals surface area contributed by atoms with E-state index >= 15 is 0 Å². The number of benzene rings is 1. The van der Waals surface area contributed by atoms with Gasteiger partial charge in [0.25, 0.3) is 0 Å². The first-order valence-corrected chi connectivity index (χ1v) is 11.6. The molecule has 1 aromatic heterocycles. The van der Waals surface area contributed by atoms with Crippen LogP contribution in [-0.4, -0.2) is 44.9 Å². The number of aliphatic imine (C=N–C) groups is 1. The summed E-state index contributed by atoms with van der Waals surface area (Å²) in [6, 6.07) is 11.2. The van der Waals surface area contributed by atoms with Crippen LogP contribution in [0.3, 0.4) is 0 Å². The Labute approximate surface area is 178 Å². The van der Waals surface area contributed by atoms with Gasteiger partial charge in [-0.3, -0.25) is 0 Å². The van der Waals surface area contributed by atoms with Crippen molar-refractivity contribution in [2.45, 2.75) is 39.8 Å². The minimum Gasteiger partial charge on any atom is -0.466 e. The molecule has 0 fully saturated rings. The summed E-state index contributed by atoms with van der Waals surface area (Å²) >= 11 is 0. The summed E-state index contributed by atoms with van der Waals surface area (Å²) in [5, 5.41) is 16.9. The lowest BCUT2D eigenvalue weighted by atomic mass is 9.96. The number of nitrogens with zero attached hydrogens (tertiary/aromatic N) is 1. The van der Waals surface area contributed by atoms with Gasteiger partial charge in [-0.2, -0.15) is 0 Å². The Morgan fingerprint density at radius 3 is 2.50 bits per heavy atom. The van der Waals surface area contributed by atoms with Crippen LogP contribution in [0.2, 0.25) is 0 Å². The average Bonchev–Trinajstić information content (AvgIpc) is 3.04. The second kappa shape index (κ2) is 10.6. The molecule has 0 aliphatic carbocycles. The number of hydrogen-bond donors (Lipinski definition) is 4. The summed E-state index contributed by atoms with van der Waals surface area (Å²) in [7, 11) is -3.44. The molecule has 4 N–H and O–H groups in total. The van der Waals surface area contributed by atoms with E-state index in [1.807, 2.05) is 44.2 Å². The molecule has 0 radical (unpaired) electrons. The Morgan fingerprint density at radius 1 is 1.20 bits per heavy atom. The third-order valence-corrected chi connectivity index (χ3v) is 5.84. The highest BCUT2D eigenvalue weighted by molar-refractivity contribution is 7.89. The van der Waals surface area contributed by atoms with Gasteiger partial charge in [0.1, 0.15) is 17.1 Å². The molecule has 1 unspecified atom stereocenters. The fraction of sp³-hybridized carbons (Fsp3) is 0.476. The van der Waals surface area contributed by atoms with Crippen LogP contribution in [0.15, 0.2) is 45.8 Å². The summed E-state index contributed by atoms with van der Waals surface area (Å²) in [4.78, 5) is 4.41. The fourth-order valence-electron chi connectivity index (χ4n) is 2.99. The number of furan rings is 1. The minimum atomic E-state index is -3.44. The Morgan fingerprint density at radius 2 is 1.90 bits per heavy atom. The quantitative estimate of drug-likeness (QED) is 0.333. The first kappa shape index (κ1) is 23.9. The van der Waals surface area contributed by atoms with Crippen molar-refractivity contribution in [2.75, 3.05) is 25.4 Å². The van der Waals surface area contributed by atoms with Crippen molar-refractivity contribution in [2.24, 2.45) is 4.99 Å². The van der Waals surface area contributed by atoms with Crippen LogP contribution in [0, 0.1) is 13.8 Å². The van der Waals surface area contributed by atoms with Crippen LogP contribution in [0.25, 0.3) is 0 Å². The molecule has 0 bridgehead atoms. The summed E-state index contributed by atoms with van der Waals surface area (Å²) in [5.41, 5.74) is 0.385. The topological polar surface area (TPSA) is 116 Å². The Bertz CT molecular complexity index is 937. The van der Waals surface area contributed by atoms with Crippen LogP contribution in [-0.2, 0) is 22.2 Å². The van der Waals surface area contributed by atoms with Gasteiger partial charge in [-0.05, 0) is 39.3 Å². The van der Waals surface area contributed by atoms with E-state index in [2.05, 4.69) is 20.3 Å². The zero-order chi connectivity index (χ0) is 22.2. The number of aryl methyl sites for hydroxylation is 2. The smallest absolute Gasteiger partial charge is 0.213 e. The zero-order valence-corrected chi connectivity index (χ0v) is 18.8. The number of guanidine groups is 1. The maximum atomic E-state index is 12.2. The van der Waals surface area contributed by atoms with Gasteiger partial charge in [0.05, 0.1) is 12.3 Å². The van der Waals surface area contributed by atoms with Crippen LogP contribution < -0.4 is 15.4 Å². The van der Waals surface area contributed by atoms with Crippen molar-refractivity contribution in [3.05, 3.63) is 59.0 Å². The lowest BCUT2D eigenvalue weighted by Crippen LogP contribution is -2.42. The number of sulfonamides is 1.